The average molecular weight is 269 g/mol. The van der Waals surface area contributed by atoms with Crippen LogP contribution < -0.4 is 0 Å². The Bertz CT molecular complexity index is 214. The van der Waals surface area contributed by atoms with Crippen LogP contribution in [0.3, 0.4) is 0 Å². The summed E-state index contributed by atoms with van der Waals surface area (Å²) < 4.78 is 0. The van der Waals surface area contributed by atoms with Crippen LogP contribution >= 0.6 is 0 Å². The van der Waals surface area contributed by atoms with Crippen LogP contribution in [0, 0.1) is 0 Å². The standard InChI is InChI=1S/C15H32Si2/c1-7-16(8-2,9-3)14-13-15-17(10-4,11-5)12-6/h14-15H,7-12H2,1-6H3. The molecule has 0 aliphatic rings. The smallest absolute Gasteiger partial charge is 0.0864 e. The van der Waals surface area contributed by atoms with E-state index in [1.165, 1.54) is 36.3 Å². The topological polar surface area (TPSA) is 0 Å². The Labute approximate surface area is 111 Å². The molecule has 0 amide bonds. The van der Waals surface area contributed by atoms with Crippen molar-refractivity contribution in [2.45, 2.75) is 77.8 Å². The minimum atomic E-state index is -1.10. The molecule has 0 nitrogen and oxygen atoms in total. The molecule has 2 heteroatoms. The van der Waals surface area contributed by atoms with Crippen LogP contribution in [-0.2, 0) is 0 Å². The maximum atomic E-state index is 3.65. The predicted octanol–water partition coefficient (Wildman–Crippen LogP) is 5.79. The second-order valence-electron chi connectivity index (χ2n) is 5.30. The van der Waals surface area contributed by atoms with Crippen molar-refractivity contribution in [3.8, 4) is 0 Å². The molecule has 0 aromatic heterocycles. The normalized spacial score (nSPS) is 12.1. The van der Waals surface area contributed by atoms with Crippen LogP contribution in [0.2, 0.25) is 36.3 Å². The summed E-state index contributed by atoms with van der Waals surface area (Å²) in [6.45, 7) is 14.2. The number of hydrogen-bond donors (Lipinski definition) is 0. The van der Waals surface area contributed by atoms with Gasteiger partial charge in [-0.05, 0) is 0 Å². The maximum Gasteiger partial charge on any atom is 0.0864 e. The third-order valence-corrected chi connectivity index (χ3v) is 15.0. The minimum Gasteiger partial charge on any atom is -0.138 e. The fraction of sp³-hybridized carbons (Fsp3) is 0.800. The van der Waals surface area contributed by atoms with Gasteiger partial charge in [0.25, 0.3) is 0 Å². The second-order valence-corrected chi connectivity index (χ2v) is 15.6. The van der Waals surface area contributed by atoms with Crippen molar-refractivity contribution < 1.29 is 0 Å². The van der Waals surface area contributed by atoms with Gasteiger partial charge in [-0.1, -0.05) is 89.2 Å². The highest BCUT2D eigenvalue weighted by Crippen LogP contribution is 2.23. The molecule has 0 heterocycles. The summed E-state index contributed by atoms with van der Waals surface area (Å²) in [7, 11) is -2.20. The molecule has 0 aromatic carbocycles. The Morgan fingerprint density at radius 1 is 0.588 bits per heavy atom. The van der Waals surface area contributed by atoms with Crippen LogP contribution in [0.25, 0.3) is 0 Å². The summed E-state index contributed by atoms with van der Waals surface area (Å²) in [5.74, 6) is 0. The zero-order chi connectivity index (χ0) is 13.4. The predicted molar refractivity (Wildman–Crippen MR) is 87.0 cm³/mol. The fourth-order valence-corrected chi connectivity index (χ4v) is 7.77. The summed E-state index contributed by atoms with van der Waals surface area (Å²) >= 11 is 0. The molecule has 0 aromatic rings. The Hall–Kier alpha value is -0.0462. The Kier molecular flexibility index (Phi) is 8.10. The van der Waals surface area contributed by atoms with Crippen LogP contribution in [0.15, 0.2) is 17.1 Å². The molecule has 0 N–H and O–H groups in total. The van der Waals surface area contributed by atoms with Crippen LogP contribution in [0.4, 0.5) is 0 Å². The Balaban J connectivity index is 5.00. The van der Waals surface area contributed by atoms with Crippen LogP contribution in [0.1, 0.15) is 41.5 Å². The second kappa shape index (κ2) is 8.13. The van der Waals surface area contributed by atoms with Gasteiger partial charge in [0.1, 0.15) is 0 Å². The van der Waals surface area contributed by atoms with Crippen molar-refractivity contribution in [3.63, 3.8) is 0 Å². The van der Waals surface area contributed by atoms with E-state index in [4.69, 9.17) is 0 Å². The van der Waals surface area contributed by atoms with E-state index in [1.807, 2.05) is 0 Å². The third kappa shape index (κ3) is 4.61. The van der Waals surface area contributed by atoms with E-state index in [0.29, 0.717) is 0 Å². The van der Waals surface area contributed by atoms with Gasteiger partial charge in [0.05, 0.1) is 16.1 Å². The summed E-state index contributed by atoms with van der Waals surface area (Å²) in [6, 6.07) is 8.25. The highest BCUT2D eigenvalue weighted by molar-refractivity contribution is 6.85. The zero-order valence-electron chi connectivity index (χ0n) is 12.9. The molecule has 0 saturated carbocycles. The molecule has 0 rings (SSSR count). The first-order valence-corrected chi connectivity index (χ1v) is 12.9. The lowest BCUT2D eigenvalue weighted by Gasteiger charge is -2.24. The first-order chi connectivity index (χ1) is 8.07. The molecule has 0 aliphatic heterocycles. The Morgan fingerprint density at radius 2 is 0.824 bits per heavy atom. The zero-order valence-corrected chi connectivity index (χ0v) is 14.9. The lowest BCUT2D eigenvalue weighted by molar-refractivity contribution is 1.19. The molecule has 0 saturated heterocycles. The minimum absolute atomic E-state index is 1.10. The van der Waals surface area contributed by atoms with Gasteiger partial charge in [0.15, 0.2) is 0 Å². The SMILES string of the molecule is CC[Si](C=C=C[Si](CC)(CC)CC)(CC)CC. The molecule has 0 radical (unpaired) electrons. The van der Waals surface area contributed by atoms with Gasteiger partial charge >= 0.3 is 0 Å². The number of hydrogen-bond acceptors (Lipinski definition) is 0. The van der Waals surface area contributed by atoms with Gasteiger partial charge in [-0.3, -0.25) is 0 Å². The van der Waals surface area contributed by atoms with E-state index in [2.05, 4.69) is 58.7 Å². The molecule has 0 spiro atoms. The molecular weight excluding hydrogens is 236 g/mol. The number of rotatable bonds is 8. The molecule has 17 heavy (non-hydrogen) atoms. The van der Waals surface area contributed by atoms with Gasteiger partial charge in [0.2, 0.25) is 0 Å². The monoisotopic (exact) mass is 268 g/mol. The van der Waals surface area contributed by atoms with E-state index >= 15 is 0 Å². The molecule has 0 atom stereocenters. The van der Waals surface area contributed by atoms with E-state index in [-0.39, 0.29) is 0 Å². The summed E-state index contributed by atoms with van der Waals surface area (Å²) in [6.07, 6.45) is 0. The summed E-state index contributed by atoms with van der Waals surface area (Å²) in [5.41, 5.74) is 8.67. The van der Waals surface area contributed by atoms with Crippen molar-refractivity contribution in [2.24, 2.45) is 0 Å². The van der Waals surface area contributed by atoms with Crippen molar-refractivity contribution in [3.05, 3.63) is 17.1 Å². The highest BCUT2D eigenvalue weighted by atomic mass is 28.3. The molecular formula is C15H32Si2. The van der Waals surface area contributed by atoms with Crippen LogP contribution in [-0.4, -0.2) is 16.1 Å². The molecule has 0 fully saturated rings. The highest BCUT2D eigenvalue weighted by Gasteiger charge is 2.25. The lowest BCUT2D eigenvalue weighted by Crippen LogP contribution is -2.30. The van der Waals surface area contributed by atoms with E-state index < -0.39 is 16.1 Å². The molecule has 0 bridgehead atoms. The van der Waals surface area contributed by atoms with Crippen molar-refractivity contribution in [2.75, 3.05) is 0 Å². The first-order valence-electron chi connectivity index (χ1n) is 7.52. The van der Waals surface area contributed by atoms with E-state index in [1.54, 1.807) is 0 Å². The van der Waals surface area contributed by atoms with Gasteiger partial charge in [-0.25, -0.2) is 0 Å². The molecule has 100 valence electrons. The Morgan fingerprint density at radius 3 is 1.00 bits per heavy atom. The lowest BCUT2D eigenvalue weighted by atomic mass is 10.9. The first kappa shape index (κ1) is 17.0. The van der Waals surface area contributed by atoms with Gasteiger partial charge < -0.3 is 0 Å². The third-order valence-electron chi connectivity index (χ3n) is 5.00. The fourth-order valence-electron chi connectivity index (χ4n) is 2.51. The van der Waals surface area contributed by atoms with E-state index in [9.17, 15) is 0 Å². The summed E-state index contributed by atoms with van der Waals surface area (Å²) in [5, 5.41) is 0. The maximum absolute atomic E-state index is 3.65. The van der Waals surface area contributed by atoms with Gasteiger partial charge in [0, 0.05) is 0 Å². The largest absolute Gasteiger partial charge is 0.138 e. The van der Waals surface area contributed by atoms with Crippen LogP contribution in [0.5, 0.6) is 0 Å². The average Bonchev–Trinajstić information content (AvgIpc) is 2.41. The van der Waals surface area contributed by atoms with E-state index in [0.717, 1.165) is 0 Å². The van der Waals surface area contributed by atoms with Crippen molar-refractivity contribution >= 4 is 16.1 Å². The summed E-state index contributed by atoms with van der Waals surface area (Å²) in [4.78, 5) is 0. The molecule has 0 unspecified atom stereocenters. The van der Waals surface area contributed by atoms with Crippen molar-refractivity contribution in [1.82, 2.24) is 0 Å². The van der Waals surface area contributed by atoms with Gasteiger partial charge in [-0.15, -0.1) is 5.73 Å². The van der Waals surface area contributed by atoms with Crippen molar-refractivity contribution in [1.29, 1.82) is 0 Å². The van der Waals surface area contributed by atoms with Gasteiger partial charge in [-0.2, -0.15) is 0 Å². The molecule has 0 aliphatic carbocycles. The quantitative estimate of drug-likeness (QED) is 0.386.